The van der Waals surface area contributed by atoms with E-state index in [-0.39, 0.29) is 31.0 Å². The number of amides is 1. The number of hydrogen-bond acceptors (Lipinski definition) is 8. The number of benzene rings is 3. The van der Waals surface area contributed by atoms with Crippen LogP contribution in [0.3, 0.4) is 0 Å². The SMILES string of the molecule is CCOC(=O)c1c(C(=O)c2ccc(C(F)(F)F)cc2NC(=O)OCc2ccccc2)nnn1Cc1ccc(OC)cc1. The topological polar surface area (TPSA) is 122 Å². The second-order valence-electron chi connectivity index (χ2n) is 8.79. The highest BCUT2D eigenvalue weighted by atomic mass is 19.4. The predicted molar refractivity (Wildman–Crippen MR) is 143 cm³/mol. The van der Waals surface area contributed by atoms with Gasteiger partial charge in [-0.2, -0.15) is 13.2 Å². The molecular weight excluding hydrogens is 557 g/mol. The van der Waals surface area contributed by atoms with Crippen LogP contribution in [-0.4, -0.2) is 46.6 Å². The van der Waals surface area contributed by atoms with Gasteiger partial charge in [-0.15, -0.1) is 5.10 Å². The number of carbonyl (C=O) groups is 3. The number of esters is 1. The molecule has 0 aliphatic heterocycles. The standard InChI is InChI=1S/C29H25F3N4O6/c1-3-41-27(38)25-24(34-35-36(25)16-18-9-12-21(40-2)13-10-18)26(37)22-14-11-20(29(30,31)32)15-23(22)33-28(39)42-17-19-7-5-4-6-8-19/h4-15H,3,16-17H2,1-2H3,(H,33,39). The zero-order valence-corrected chi connectivity index (χ0v) is 22.5. The van der Waals surface area contributed by atoms with Crippen molar-refractivity contribution in [1.82, 2.24) is 15.0 Å². The molecule has 0 spiro atoms. The highest BCUT2D eigenvalue weighted by Gasteiger charge is 2.34. The minimum absolute atomic E-state index is 0.0162. The van der Waals surface area contributed by atoms with Crippen molar-refractivity contribution in [3.63, 3.8) is 0 Å². The molecule has 13 heteroatoms. The van der Waals surface area contributed by atoms with Gasteiger partial charge in [-0.25, -0.2) is 14.3 Å². The smallest absolute Gasteiger partial charge is 0.416 e. The fraction of sp³-hybridized carbons (Fsp3) is 0.207. The third-order valence-electron chi connectivity index (χ3n) is 5.95. The summed E-state index contributed by atoms with van der Waals surface area (Å²) >= 11 is 0. The second kappa shape index (κ2) is 13.0. The van der Waals surface area contributed by atoms with Crippen LogP contribution in [-0.2, 0) is 28.8 Å². The van der Waals surface area contributed by atoms with Gasteiger partial charge in [-0.1, -0.05) is 47.7 Å². The van der Waals surface area contributed by atoms with Crippen molar-refractivity contribution in [2.75, 3.05) is 19.0 Å². The Hall–Kier alpha value is -5.20. The fourth-order valence-electron chi connectivity index (χ4n) is 3.90. The van der Waals surface area contributed by atoms with Gasteiger partial charge in [-0.3, -0.25) is 10.1 Å². The minimum Gasteiger partial charge on any atom is -0.497 e. The summed E-state index contributed by atoms with van der Waals surface area (Å²) in [5, 5.41) is 10.0. The molecule has 0 bridgehead atoms. The third kappa shape index (κ3) is 7.11. The van der Waals surface area contributed by atoms with Crippen LogP contribution < -0.4 is 10.1 Å². The van der Waals surface area contributed by atoms with E-state index < -0.39 is 41.0 Å². The van der Waals surface area contributed by atoms with Crippen LogP contribution in [0, 0.1) is 0 Å². The average molecular weight is 583 g/mol. The number of rotatable bonds is 10. The van der Waals surface area contributed by atoms with Crippen LogP contribution in [0.2, 0.25) is 0 Å². The molecule has 218 valence electrons. The molecule has 3 aromatic carbocycles. The molecule has 1 amide bonds. The van der Waals surface area contributed by atoms with Crippen LogP contribution in [0.1, 0.15) is 50.2 Å². The first-order valence-corrected chi connectivity index (χ1v) is 12.6. The first-order valence-electron chi connectivity index (χ1n) is 12.6. The maximum absolute atomic E-state index is 13.7. The number of anilines is 1. The van der Waals surface area contributed by atoms with Gasteiger partial charge in [0.15, 0.2) is 11.4 Å². The average Bonchev–Trinajstić information content (AvgIpc) is 3.40. The number of nitrogens with zero attached hydrogens (tertiary/aromatic N) is 3. The van der Waals surface area contributed by atoms with E-state index in [1.54, 1.807) is 61.5 Å². The van der Waals surface area contributed by atoms with Gasteiger partial charge in [0.25, 0.3) is 0 Å². The monoisotopic (exact) mass is 582 g/mol. The minimum atomic E-state index is -4.77. The van der Waals surface area contributed by atoms with E-state index in [2.05, 4.69) is 15.6 Å². The summed E-state index contributed by atoms with van der Waals surface area (Å²) in [7, 11) is 1.51. The number of ether oxygens (including phenoxy) is 3. The van der Waals surface area contributed by atoms with E-state index >= 15 is 0 Å². The van der Waals surface area contributed by atoms with Crippen LogP contribution in [0.4, 0.5) is 23.7 Å². The van der Waals surface area contributed by atoms with Crippen LogP contribution in [0.25, 0.3) is 0 Å². The maximum Gasteiger partial charge on any atom is 0.416 e. The molecule has 4 aromatic rings. The van der Waals surface area contributed by atoms with Crippen molar-refractivity contribution in [2.45, 2.75) is 26.3 Å². The number of carbonyl (C=O) groups excluding carboxylic acids is 3. The number of nitrogens with one attached hydrogen (secondary N) is 1. The van der Waals surface area contributed by atoms with Crippen LogP contribution in [0.5, 0.6) is 5.75 Å². The molecule has 0 radical (unpaired) electrons. The highest BCUT2D eigenvalue weighted by molar-refractivity contribution is 6.16. The lowest BCUT2D eigenvalue weighted by molar-refractivity contribution is -0.137. The van der Waals surface area contributed by atoms with Gasteiger partial charge >= 0.3 is 18.2 Å². The van der Waals surface area contributed by atoms with Crippen molar-refractivity contribution >= 4 is 23.5 Å². The summed E-state index contributed by atoms with van der Waals surface area (Å²) < 4.78 is 57.1. The Bertz CT molecular complexity index is 1570. The van der Waals surface area contributed by atoms with E-state index in [9.17, 15) is 27.6 Å². The van der Waals surface area contributed by atoms with E-state index in [0.29, 0.717) is 29.0 Å². The molecule has 0 aliphatic rings. The van der Waals surface area contributed by atoms with Crippen molar-refractivity contribution in [3.05, 3.63) is 106 Å². The molecular formula is C29H25F3N4O6. The molecule has 1 heterocycles. The first-order chi connectivity index (χ1) is 20.1. The third-order valence-corrected chi connectivity index (χ3v) is 5.95. The summed E-state index contributed by atoms with van der Waals surface area (Å²) in [6, 6.07) is 17.6. The first kappa shape index (κ1) is 29.8. The van der Waals surface area contributed by atoms with Gasteiger partial charge in [0.2, 0.25) is 5.78 Å². The summed E-state index contributed by atoms with van der Waals surface area (Å²) in [5.41, 5.74) is -1.44. The Morgan fingerprint density at radius 3 is 2.29 bits per heavy atom. The molecule has 4 rings (SSSR count). The quantitative estimate of drug-likeness (QED) is 0.192. The molecule has 0 fully saturated rings. The van der Waals surface area contributed by atoms with Crippen molar-refractivity contribution in [1.29, 1.82) is 0 Å². The second-order valence-corrected chi connectivity index (χ2v) is 8.79. The van der Waals surface area contributed by atoms with Crippen LogP contribution >= 0.6 is 0 Å². The Balaban J connectivity index is 1.68. The van der Waals surface area contributed by atoms with Gasteiger partial charge in [0.05, 0.1) is 31.5 Å². The number of alkyl halides is 3. The predicted octanol–water partition coefficient (Wildman–Crippen LogP) is 5.51. The summed E-state index contributed by atoms with van der Waals surface area (Å²) in [4.78, 5) is 39.1. The molecule has 0 saturated heterocycles. The molecule has 10 nitrogen and oxygen atoms in total. The van der Waals surface area contributed by atoms with Crippen molar-refractivity contribution in [2.24, 2.45) is 0 Å². The lowest BCUT2D eigenvalue weighted by atomic mass is 10.0. The molecule has 1 aromatic heterocycles. The molecule has 42 heavy (non-hydrogen) atoms. The van der Waals surface area contributed by atoms with Gasteiger partial charge < -0.3 is 14.2 Å². The molecule has 0 atom stereocenters. The van der Waals surface area contributed by atoms with E-state index in [1.165, 1.54) is 7.11 Å². The fourth-order valence-corrected chi connectivity index (χ4v) is 3.90. The summed E-state index contributed by atoms with van der Waals surface area (Å²) in [6.45, 7) is 1.39. The molecule has 0 aliphatic carbocycles. The number of aromatic nitrogens is 3. The number of hydrogen-bond donors (Lipinski definition) is 1. The summed E-state index contributed by atoms with van der Waals surface area (Å²) in [5.74, 6) is -1.28. The van der Waals surface area contributed by atoms with Crippen molar-refractivity contribution in [3.8, 4) is 5.75 Å². The van der Waals surface area contributed by atoms with E-state index in [1.807, 2.05) is 0 Å². The van der Waals surface area contributed by atoms with E-state index in [4.69, 9.17) is 14.2 Å². The van der Waals surface area contributed by atoms with Gasteiger partial charge in [-0.05, 0) is 48.4 Å². The number of halogens is 3. The lowest BCUT2D eigenvalue weighted by Crippen LogP contribution is -2.20. The van der Waals surface area contributed by atoms with Crippen LogP contribution in [0.15, 0.2) is 72.8 Å². The lowest BCUT2D eigenvalue weighted by Gasteiger charge is -2.14. The van der Waals surface area contributed by atoms with Gasteiger partial charge in [0.1, 0.15) is 12.4 Å². The summed E-state index contributed by atoms with van der Waals surface area (Å²) in [6.07, 6.45) is -5.87. The Morgan fingerprint density at radius 2 is 1.64 bits per heavy atom. The maximum atomic E-state index is 13.7. The molecule has 0 unspecified atom stereocenters. The molecule has 1 N–H and O–H groups in total. The van der Waals surface area contributed by atoms with E-state index in [0.717, 1.165) is 10.7 Å². The highest BCUT2D eigenvalue weighted by Crippen LogP contribution is 2.33. The zero-order valence-electron chi connectivity index (χ0n) is 22.5. The van der Waals surface area contributed by atoms with Crippen molar-refractivity contribution < 1.29 is 41.8 Å². The largest absolute Gasteiger partial charge is 0.497 e. The number of ketones is 1. The molecule has 0 saturated carbocycles. The Labute approximate surface area is 238 Å². The normalized spacial score (nSPS) is 11.1. The zero-order chi connectivity index (χ0) is 30.3. The van der Waals surface area contributed by atoms with Gasteiger partial charge in [0, 0.05) is 5.56 Å². The Morgan fingerprint density at radius 1 is 0.929 bits per heavy atom. The number of methoxy groups -OCH3 is 1. The Kier molecular flexibility index (Phi) is 9.20.